The second-order valence-electron chi connectivity index (χ2n) is 5.60. The number of amides is 1. The van der Waals surface area contributed by atoms with Crippen LogP contribution in [0.3, 0.4) is 0 Å². The fraction of sp³-hybridized carbons (Fsp3) is 0.562. The average Bonchev–Trinajstić information content (AvgIpc) is 2.53. The van der Waals surface area contributed by atoms with Gasteiger partial charge in [0, 0.05) is 12.1 Å². The Balaban J connectivity index is 1.95. The molecule has 0 saturated heterocycles. The Bertz CT molecular complexity index is 493. The summed E-state index contributed by atoms with van der Waals surface area (Å²) in [6.45, 7) is 1.30. The van der Waals surface area contributed by atoms with Crippen LogP contribution in [-0.4, -0.2) is 26.1 Å². The Labute approximate surface area is 124 Å². The van der Waals surface area contributed by atoms with Crippen LogP contribution in [0, 0.1) is 17.7 Å². The standard InChI is InChI=1S/C16H23FN2O2/c1-21-15-8-11(6-7-14(15)17)16(20)19-10-13-5-3-2-4-12(13)9-18/h6-8,12-13H,2-5,9-10,18H2,1H3,(H,19,20). The van der Waals surface area contributed by atoms with Gasteiger partial charge >= 0.3 is 0 Å². The molecule has 0 bridgehead atoms. The summed E-state index contributed by atoms with van der Waals surface area (Å²) in [5.74, 6) is 0.344. The zero-order valence-electron chi connectivity index (χ0n) is 12.4. The topological polar surface area (TPSA) is 64.3 Å². The zero-order valence-corrected chi connectivity index (χ0v) is 12.4. The molecule has 3 N–H and O–H groups in total. The first-order valence-corrected chi connectivity index (χ1v) is 7.47. The van der Waals surface area contributed by atoms with E-state index in [1.807, 2.05) is 0 Å². The molecule has 116 valence electrons. The molecule has 1 saturated carbocycles. The van der Waals surface area contributed by atoms with Crippen molar-refractivity contribution in [3.8, 4) is 5.75 Å². The van der Waals surface area contributed by atoms with Crippen molar-refractivity contribution in [2.75, 3.05) is 20.2 Å². The van der Waals surface area contributed by atoms with Gasteiger partial charge in [0.1, 0.15) is 0 Å². The summed E-state index contributed by atoms with van der Waals surface area (Å²) in [7, 11) is 1.38. The third-order valence-electron chi connectivity index (χ3n) is 4.31. The minimum atomic E-state index is -0.468. The molecule has 0 spiro atoms. The fourth-order valence-electron chi connectivity index (χ4n) is 2.99. The highest BCUT2D eigenvalue weighted by Gasteiger charge is 2.24. The van der Waals surface area contributed by atoms with Gasteiger partial charge in [-0.05, 0) is 49.4 Å². The molecule has 1 fully saturated rings. The van der Waals surface area contributed by atoms with Crippen molar-refractivity contribution in [2.45, 2.75) is 25.7 Å². The van der Waals surface area contributed by atoms with Gasteiger partial charge in [-0.2, -0.15) is 0 Å². The normalized spacial score (nSPS) is 21.9. The smallest absolute Gasteiger partial charge is 0.251 e. The first-order valence-electron chi connectivity index (χ1n) is 7.47. The first kappa shape index (κ1) is 15.8. The van der Waals surface area contributed by atoms with Crippen LogP contribution < -0.4 is 15.8 Å². The Hall–Kier alpha value is -1.62. The van der Waals surface area contributed by atoms with Gasteiger partial charge in [0.25, 0.3) is 5.91 Å². The van der Waals surface area contributed by atoms with Crippen LogP contribution >= 0.6 is 0 Å². The predicted octanol–water partition coefficient (Wildman–Crippen LogP) is 2.33. The van der Waals surface area contributed by atoms with E-state index in [2.05, 4.69) is 5.32 Å². The van der Waals surface area contributed by atoms with Gasteiger partial charge in [-0.3, -0.25) is 4.79 Å². The van der Waals surface area contributed by atoms with Crippen molar-refractivity contribution >= 4 is 5.91 Å². The summed E-state index contributed by atoms with van der Waals surface area (Å²) in [6, 6.07) is 4.14. The number of rotatable bonds is 5. The predicted molar refractivity (Wildman–Crippen MR) is 79.8 cm³/mol. The van der Waals surface area contributed by atoms with Crippen LogP contribution in [0.15, 0.2) is 18.2 Å². The monoisotopic (exact) mass is 294 g/mol. The minimum absolute atomic E-state index is 0.0835. The molecule has 5 heteroatoms. The highest BCUT2D eigenvalue weighted by molar-refractivity contribution is 5.94. The number of hydrogen-bond donors (Lipinski definition) is 2. The van der Waals surface area contributed by atoms with E-state index < -0.39 is 5.82 Å². The summed E-state index contributed by atoms with van der Waals surface area (Å²) in [5, 5.41) is 2.93. The molecule has 1 aliphatic rings. The molecular weight excluding hydrogens is 271 g/mol. The maximum Gasteiger partial charge on any atom is 0.251 e. The van der Waals surface area contributed by atoms with Crippen LogP contribution in [0.4, 0.5) is 4.39 Å². The van der Waals surface area contributed by atoms with E-state index in [0.29, 0.717) is 30.5 Å². The van der Waals surface area contributed by atoms with Gasteiger partial charge in [0.05, 0.1) is 7.11 Å². The molecule has 0 aliphatic heterocycles. The number of nitrogens with one attached hydrogen (secondary N) is 1. The summed E-state index contributed by atoms with van der Waals surface area (Å²) >= 11 is 0. The third kappa shape index (κ3) is 3.94. The van der Waals surface area contributed by atoms with E-state index in [9.17, 15) is 9.18 Å². The molecule has 0 radical (unpaired) electrons. The van der Waals surface area contributed by atoms with Crippen molar-refractivity contribution in [1.29, 1.82) is 0 Å². The van der Waals surface area contributed by atoms with E-state index in [1.165, 1.54) is 38.2 Å². The molecule has 1 aromatic carbocycles. The first-order chi connectivity index (χ1) is 10.2. The second kappa shape index (κ2) is 7.41. The second-order valence-corrected chi connectivity index (χ2v) is 5.60. The SMILES string of the molecule is COc1cc(C(=O)NCC2CCCCC2CN)ccc1F. The molecule has 4 nitrogen and oxygen atoms in total. The number of hydrogen-bond acceptors (Lipinski definition) is 3. The van der Waals surface area contributed by atoms with Crippen molar-refractivity contribution in [1.82, 2.24) is 5.32 Å². The number of methoxy groups -OCH3 is 1. The number of halogens is 1. The summed E-state index contributed by atoms with van der Waals surface area (Å²) < 4.78 is 18.2. The lowest BCUT2D eigenvalue weighted by molar-refractivity contribution is 0.0934. The molecule has 1 aliphatic carbocycles. The summed E-state index contributed by atoms with van der Waals surface area (Å²) in [6.07, 6.45) is 4.67. The molecule has 0 aromatic heterocycles. The van der Waals surface area contributed by atoms with E-state index in [0.717, 1.165) is 12.8 Å². The molecule has 21 heavy (non-hydrogen) atoms. The van der Waals surface area contributed by atoms with E-state index in [4.69, 9.17) is 10.5 Å². The maximum atomic E-state index is 13.3. The average molecular weight is 294 g/mol. The Morgan fingerprint density at radius 2 is 2.10 bits per heavy atom. The quantitative estimate of drug-likeness (QED) is 0.876. The van der Waals surface area contributed by atoms with Gasteiger partial charge in [-0.15, -0.1) is 0 Å². The number of ether oxygens (including phenoxy) is 1. The molecule has 1 aromatic rings. The van der Waals surface area contributed by atoms with Gasteiger partial charge in [0.15, 0.2) is 11.6 Å². The molecule has 0 heterocycles. The van der Waals surface area contributed by atoms with Crippen molar-refractivity contribution in [3.05, 3.63) is 29.6 Å². The van der Waals surface area contributed by atoms with Crippen molar-refractivity contribution in [2.24, 2.45) is 17.6 Å². The Morgan fingerprint density at radius 3 is 2.76 bits per heavy atom. The lowest BCUT2D eigenvalue weighted by Crippen LogP contribution is -2.36. The number of nitrogens with two attached hydrogens (primary N) is 1. The number of carbonyl (C=O) groups excluding carboxylic acids is 1. The van der Waals surface area contributed by atoms with E-state index in [-0.39, 0.29) is 11.7 Å². The van der Waals surface area contributed by atoms with Crippen molar-refractivity contribution in [3.63, 3.8) is 0 Å². The van der Waals surface area contributed by atoms with Gasteiger partial charge in [-0.1, -0.05) is 12.8 Å². The zero-order chi connectivity index (χ0) is 15.2. The summed E-state index contributed by atoms with van der Waals surface area (Å²) in [4.78, 5) is 12.1. The Morgan fingerprint density at radius 1 is 1.38 bits per heavy atom. The van der Waals surface area contributed by atoms with E-state index in [1.54, 1.807) is 0 Å². The van der Waals surface area contributed by atoms with E-state index >= 15 is 0 Å². The van der Waals surface area contributed by atoms with Crippen LogP contribution in [-0.2, 0) is 0 Å². The Kier molecular flexibility index (Phi) is 5.56. The lowest BCUT2D eigenvalue weighted by Gasteiger charge is -2.30. The van der Waals surface area contributed by atoms with Crippen LogP contribution in [0.1, 0.15) is 36.0 Å². The molecular formula is C16H23FN2O2. The molecule has 2 rings (SSSR count). The maximum absolute atomic E-state index is 13.3. The molecule has 2 unspecified atom stereocenters. The third-order valence-corrected chi connectivity index (χ3v) is 4.31. The highest BCUT2D eigenvalue weighted by Crippen LogP contribution is 2.28. The van der Waals surface area contributed by atoms with Gasteiger partial charge < -0.3 is 15.8 Å². The fourth-order valence-corrected chi connectivity index (χ4v) is 2.99. The lowest BCUT2D eigenvalue weighted by atomic mass is 9.79. The van der Waals surface area contributed by atoms with Crippen LogP contribution in [0.5, 0.6) is 5.75 Å². The highest BCUT2D eigenvalue weighted by atomic mass is 19.1. The van der Waals surface area contributed by atoms with Gasteiger partial charge in [0.2, 0.25) is 0 Å². The minimum Gasteiger partial charge on any atom is -0.494 e. The summed E-state index contributed by atoms with van der Waals surface area (Å²) in [5.41, 5.74) is 6.21. The van der Waals surface area contributed by atoms with Crippen LogP contribution in [0.2, 0.25) is 0 Å². The van der Waals surface area contributed by atoms with Gasteiger partial charge in [-0.25, -0.2) is 4.39 Å². The largest absolute Gasteiger partial charge is 0.494 e. The molecule has 2 atom stereocenters. The molecule has 1 amide bonds. The number of benzene rings is 1. The van der Waals surface area contributed by atoms with Crippen LogP contribution in [0.25, 0.3) is 0 Å². The number of carbonyl (C=O) groups is 1. The van der Waals surface area contributed by atoms with Crippen molar-refractivity contribution < 1.29 is 13.9 Å².